The molecule has 0 aliphatic carbocycles. The fourth-order valence-corrected chi connectivity index (χ4v) is 2.75. The van der Waals surface area contributed by atoms with Gasteiger partial charge in [0.2, 0.25) is 15.9 Å². The molecule has 0 atom stereocenters. The maximum Gasteiger partial charge on any atom is 0.240 e. The molecule has 22 heavy (non-hydrogen) atoms. The third kappa shape index (κ3) is 3.93. The minimum absolute atomic E-state index is 0.140. The van der Waals surface area contributed by atoms with Crippen molar-refractivity contribution in [3.05, 3.63) is 59.7 Å². The zero-order valence-electron chi connectivity index (χ0n) is 12.5. The Bertz CT molecular complexity index is 768. The summed E-state index contributed by atoms with van der Waals surface area (Å²) in [5.41, 5.74) is 2.59. The van der Waals surface area contributed by atoms with Crippen molar-refractivity contribution in [2.24, 2.45) is 0 Å². The van der Waals surface area contributed by atoms with Crippen LogP contribution in [0, 0.1) is 6.92 Å². The second-order valence-electron chi connectivity index (χ2n) is 4.88. The standard InChI is InChI=1S/C16H18N2O3S/c1-12-5-3-4-6-13(12)11-16(19)18-14-7-9-15(10-8-14)22(20,21)17-2/h3-10,17H,11H2,1-2H3,(H,18,19). The van der Waals surface area contributed by atoms with Crippen molar-refractivity contribution in [3.63, 3.8) is 0 Å². The van der Waals surface area contributed by atoms with E-state index in [1.807, 2.05) is 31.2 Å². The first-order valence-electron chi connectivity index (χ1n) is 6.80. The summed E-state index contributed by atoms with van der Waals surface area (Å²) < 4.78 is 25.5. The number of aryl methyl sites for hydroxylation is 1. The summed E-state index contributed by atoms with van der Waals surface area (Å²) in [6.45, 7) is 1.96. The molecule has 116 valence electrons. The van der Waals surface area contributed by atoms with Crippen molar-refractivity contribution in [2.75, 3.05) is 12.4 Å². The number of carbonyl (C=O) groups is 1. The van der Waals surface area contributed by atoms with Gasteiger partial charge in [0.15, 0.2) is 0 Å². The number of benzene rings is 2. The van der Waals surface area contributed by atoms with Gasteiger partial charge in [-0.25, -0.2) is 13.1 Å². The van der Waals surface area contributed by atoms with Crippen LogP contribution in [0.1, 0.15) is 11.1 Å². The second kappa shape index (κ2) is 6.72. The maximum absolute atomic E-state index is 12.0. The van der Waals surface area contributed by atoms with Crippen LogP contribution >= 0.6 is 0 Å². The van der Waals surface area contributed by atoms with Crippen LogP contribution in [0.4, 0.5) is 5.69 Å². The lowest BCUT2D eigenvalue weighted by Crippen LogP contribution is -2.19. The zero-order chi connectivity index (χ0) is 16.2. The van der Waals surface area contributed by atoms with Crippen molar-refractivity contribution in [1.82, 2.24) is 4.72 Å². The number of hydrogen-bond donors (Lipinski definition) is 2. The normalized spacial score (nSPS) is 11.2. The Hall–Kier alpha value is -2.18. The molecule has 0 saturated carbocycles. The molecule has 0 spiro atoms. The van der Waals surface area contributed by atoms with Crippen LogP contribution < -0.4 is 10.0 Å². The number of sulfonamides is 1. The van der Waals surface area contributed by atoms with Crippen LogP contribution in [0.3, 0.4) is 0 Å². The van der Waals surface area contributed by atoms with Crippen molar-refractivity contribution in [1.29, 1.82) is 0 Å². The first-order chi connectivity index (χ1) is 10.4. The van der Waals surface area contributed by atoms with Gasteiger partial charge < -0.3 is 5.32 Å². The molecule has 6 heteroatoms. The van der Waals surface area contributed by atoms with Crippen molar-refractivity contribution in [3.8, 4) is 0 Å². The molecule has 1 amide bonds. The van der Waals surface area contributed by atoms with Gasteiger partial charge in [-0.1, -0.05) is 24.3 Å². The van der Waals surface area contributed by atoms with Crippen molar-refractivity contribution >= 4 is 21.6 Å². The summed E-state index contributed by atoms with van der Waals surface area (Å²) in [5, 5.41) is 2.76. The van der Waals surface area contributed by atoms with E-state index in [0.717, 1.165) is 11.1 Å². The van der Waals surface area contributed by atoms with Gasteiger partial charge in [0.1, 0.15) is 0 Å². The summed E-state index contributed by atoms with van der Waals surface area (Å²) in [5.74, 6) is -0.140. The summed E-state index contributed by atoms with van der Waals surface area (Å²) in [7, 11) is -2.11. The number of amides is 1. The minimum atomic E-state index is -3.46. The fraction of sp³-hybridized carbons (Fsp3) is 0.188. The Kier molecular flexibility index (Phi) is 4.95. The van der Waals surface area contributed by atoms with Gasteiger partial charge in [0.25, 0.3) is 0 Å². The number of rotatable bonds is 5. The molecule has 2 rings (SSSR count). The molecule has 0 aliphatic heterocycles. The quantitative estimate of drug-likeness (QED) is 0.886. The van der Waals surface area contributed by atoms with E-state index < -0.39 is 10.0 Å². The molecule has 0 bridgehead atoms. The van der Waals surface area contributed by atoms with E-state index in [1.54, 1.807) is 12.1 Å². The molecular weight excluding hydrogens is 300 g/mol. The lowest BCUT2D eigenvalue weighted by atomic mass is 10.1. The molecule has 2 aromatic rings. The van der Waals surface area contributed by atoms with E-state index >= 15 is 0 Å². The average Bonchev–Trinajstić information content (AvgIpc) is 2.50. The van der Waals surface area contributed by atoms with E-state index in [2.05, 4.69) is 10.0 Å². The summed E-state index contributed by atoms with van der Waals surface area (Å²) >= 11 is 0. The maximum atomic E-state index is 12.0. The largest absolute Gasteiger partial charge is 0.326 e. The molecule has 0 unspecified atom stereocenters. The summed E-state index contributed by atoms with van der Waals surface area (Å²) in [6.07, 6.45) is 0.281. The second-order valence-corrected chi connectivity index (χ2v) is 6.77. The highest BCUT2D eigenvalue weighted by atomic mass is 32.2. The van der Waals surface area contributed by atoms with Gasteiger partial charge in [-0.15, -0.1) is 0 Å². The van der Waals surface area contributed by atoms with Gasteiger partial charge in [-0.2, -0.15) is 0 Å². The molecule has 2 aromatic carbocycles. The average molecular weight is 318 g/mol. The van der Waals surface area contributed by atoms with E-state index in [4.69, 9.17) is 0 Å². The van der Waals surface area contributed by atoms with E-state index in [0.29, 0.717) is 5.69 Å². The van der Waals surface area contributed by atoms with E-state index in [9.17, 15) is 13.2 Å². The highest BCUT2D eigenvalue weighted by molar-refractivity contribution is 7.89. The molecule has 0 heterocycles. The Labute approximate surface area is 130 Å². The minimum Gasteiger partial charge on any atom is -0.326 e. The molecule has 5 nitrogen and oxygen atoms in total. The fourth-order valence-electron chi connectivity index (χ4n) is 2.02. The molecule has 0 aromatic heterocycles. The predicted molar refractivity (Wildman–Crippen MR) is 86.2 cm³/mol. The highest BCUT2D eigenvalue weighted by Crippen LogP contribution is 2.15. The van der Waals surface area contributed by atoms with Crippen LogP contribution in [-0.4, -0.2) is 21.4 Å². The molecule has 0 fully saturated rings. The lowest BCUT2D eigenvalue weighted by molar-refractivity contribution is -0.115. The first kappa shape index (κ1) is 16.2. The number of carbonyl (C=O) groups excluding carboxylic acids is 1. The predicted octanol–water partition coefficient (Wildman–Crippen LogP) is 2.08. The van der Waals surface area contributed by atoms with Crippen LogP contribution in [0.15, 0.2) is 53.4 Å². The van der Waals surface area contributed by atoms with Crippen molar-refractivity contribution in [2.45, 2.75) is 18.2 Å². The molecule has 0 saturated heterocycles. The number of anilines is 1. The molecular formula is C16H18N2O3S. The van der Waals surface area contributed by atoms with Gasteiger partial charge in [-0.05, 0) is 49.4 Å². The van der Waals surface area contributed by atoms with Crippen LogP contribution in [0.5, 0.6) is 0 Å². The molecule has 0 aliphatic rings. The SMILES string of the molecule is CNS(=O)(=O)c1ccc(NC(=O)Cc2ccccc2C)cc1. The Morgan fingerprint density at radius 1 is 1.05 bits per heavy atom. The summed E-state index contributed by atoms with van der Waals surface area (Å²) in [4.78, 5) is 12.2. The third-order valence-electron chi connectivity index (χ3n) is 3.33. The van der Waals surface area contributed by atoms with Gasteiger partial charge in [0.05, 0.1) is 11.3 Å². The molecule has 0 radical (unpaired) electrons. The lowest BCUT2D eigenvalue weighted by Gasteiger charge is -2.08. The topological polar surface area (TPSA) is 75.3 Å². The smallest absolute Gasteiger partial charge is 0.240 e. The third-order valence-corrected chi connectivity index (χ3v) is 4.76. The first-order valence-corrected chi connectivity index (χ1v) is 8.28. The van der Waals surface area contributed by atoms with Crippen LogP contribution in [-0.2, 0) is 21.2 Å². The van der Waals surface area contributed by atoms with E-state index in [-0.39, 0.29) is 17.2 Å². The van der Waals surface area contributed by atoms with Gasteiger partial charge in [0, 0.05) is 5.69 Å². The van der Waals surface area contributed by atoms with Crippen molar-refractivity contribution < 1.29 is 13.2 Å². The zero-order valence-corrected chi connectivity index (χ0v) is 13.3. The molecule has 2 N–H and O–H groups in total. The Morgan fingerprint density at radius 3 is 2.27 bits per heavy atom. The monoisotopic (exact) mass is 318 g/mol. The summed E-state index contributed by atoms with van der Waals surface area (Å²) in [6, 6.07) is 13.7. The van der Waals surface area contributed by atoms with Gasteiger partial charge in [-0.3, -0.25) is 4.79 Å². The Morgan fingerprint density at radius 2 is 1.68 bits per heavy atom. The highest BCUT2D eigenvalue weighted by Gasteiger charge is 2.11. The number of nitrogens with one attached hydrogen (secondary N) is 2. The Balaban J connectivity index is 2.05. The van der Waals surface area contributed by atoms with E-state index in [1.165, 1.54) is 19.2 Å². The van der Waals surface area contributed by atoms with Crippen LogP contribution in [0.2, 0.25) is 0 Å². The van der Waals surface area contributed by atoms with Crippen LogP contribution in [0.25, 0.3) is 0 Å². The number of hydrogen-bond acceptors (Lipinski definition) is 3. The van der Waals surface area contributed by atoms with Gasteiger partial charge >= 0.3 is 0 Å².